The molecule has 0 atom stereocenters. The van der Waals surface area contributed by atoms with Crippen molar-refractivity contribution in [3.05, 3.63) is 0 Å². The third kappa shape index (κ3) is 4.12. The summed E-state index contributed by atoms with van der Waals surface area (Å²) in [4.78, 5) is 0. The first-order valence-corrected chi connectivity index (χ1v) is 7.12. The van der Waals surface area contributed by atoms with Crippen LogP contribution < -0.4 is 10.6 Å². The van der Waals surface area contributed by atoms with Gasteiger partial charge >= 0.3 is 0 Å². The van der Waals surface area contributed by atoms with Crippen LogP contribution in [0.5, 0.6) is 0 Å². The number of quaternary nitrogens is 2. The molecular weight excluding hydrogens is 184 g/mol. The van der Waals surface area contributed by atoms with Crippen molar-refractivity contribution in [2.45, 2.75) is 69.9 Å². The Morgan fingerprint density at radius 1 is 0.533 bits per heavy atom. The Morgan fingerprint density at radius 3 is 1.33 bits per heavy atom. The van der Waals surface area contributed by atoms with Gasteiger partial charge in [0.1, 0.15) is 0 Å². The Morgan fingerprint density at radius 2 is 0.933 bits per heavy atom. The molecule has 3 aliphatic rings. The van der Waals surface area contributed by atoms with Crippen LogP contribution in [0, 0.1) is 0 Å². The van der Waals surface area contributed by atoms with E-state index in [1.54, 1.807) is 0 Å². The smallest absolute Gasteiger partial charge is 0.0859 e. The van der Waals surface area contributed by atoms with Crippen LogP contribution in [0.2, 0.25) is 0 Å². The van der Waals surface area contributed by atoms with Crippen molar-refractivity contribution in [1.82, 2.24) is 0 Å². The first kappa shape index (κ1) is 11.4. The first-order valence-electron chi connectivity index (χ1n) is 7.12. The van der Waals surface area contributed by atoms with Gasteiger partial charge < -0.3 is 10.6 Å². The lowest BCUT2D eigenvalue weighted by molar-refractivity contribution is -0.712. The molecule has 2 nitrogen and oxygen atoms in total. The lowest BCUT2D eigenvalue weighted by Crippen LogP contribution is -2.93. The van der Waals surface area contributed by atoms with Crippen molar-refractivity contribution in [2.24, 2.45) is 0 Å². The molecule has 0 aromatic rings. The van der Waals surface area contributed by atoms with Crippen LogP contribution in [0.4, 0.5) is 0 Å². The first-order chi connectivity index (χ1) is 7.45. The summed E-state index contributed by atoms with van der Waals surface area (Å²) in [5.74, 6) is 0. The minimum atomic E-state index is 0.958. The topological polar surface area (TPSA) is 33.2 Å². The molecule has 2 saturated heterocycles. The van der Waals surface area contributed by atoms with Crippen LogP contribution in [0.25, 0.3) is 0 Å². The average molecular weight is 212 g/mol. The fraction of sp³-hybridized carbons (Fsp3) is 1.00. The number of fused-ring (bicyclic) bond motifs is 10. The van der Waals surface area contributed by atoms with Crippen LogP contribution in [0.3, 0.4) is 0 Å². The molecule has 15 heavy (non-hydrogen) atoms. The molecule has 0 amide bonds. The fourth-order valence-electron chi connectivity index (χ4n) is 3.21. The largest absolute Gasteiger partial charge is 0.344 e. The van der Waals surface area contributed by atoms with Gasteiger partial charge in [-0.15, -0.1) is 0 Å². The minimum absolute atomic E-state index is 0.958. The molecule has 0 unspecified atom stereocenters. The van der Waals surface area contributed by atoms with Crippen LogP contribution in [0.1, 0.15) is 57.8 Å². The zero-order chi connectivity index (χ0) is 10.3. The Balaban J connectivity index is 1.93. The third-order valence-electron chi connectivity index (χ3n) is 4.21. The molecule has 3 rings (SSSR count). The Kier molecular flexibility index (Phi) is 4.94. The molecule has 2 heterocycles. The van der Waals surface area contributed by atoms with E-state index in [9.17, 15) is 0 Å². The van der Waals surface area contributed by atoms with E-state index in [2.05, 4.69) is 10.6 Å². The normalized spacial score (nSPS) is 35.2. The average Bonchev–Trinajstić information content (AvgIpc) is 2.34. The monoisotopic (exact) mass is 212 g/mol. The van der Waals surface area contributed by atoms with Gasteiger partial charge in [0.15, 0.2) is 0 Å². The predicted octanol–water partition coefficient (Wildman–Crippen LogP) is 0.389. The lowest BCUT2D eigenvalue weighted by Gasteiger charge is -2.18. The molecule has 88 valence electrons. The summed E-state index contributed by atoms with van der Waals surface area (Å²) in [6.07, 6.45) is 13.2. The van der Waals surface area contributed by atoms with Crippen LogP contribution in [-0.2, 0) is 0 Å². The van der Waals surface area contributed by atoms with Gasteiger partial charge in [0, 0.05) is 6.42 Å². The van der Waals surface area contributed by atoms with E-state index in [0.29, 0.717) is 0 Å². The maximum Gasteiger partial charge on any atom is 0.0859 e. The van der Waals surface area contributed by atoms with Gasteiger partial charge in [-0.1, -0.05) is 0 Å². The molecule has 0 aromatic carbocycles. The molecular formula is C13H28N2+2. The Hall–Kier alpha value is -0.0800. The molecule has 2 aliphatic heterocycles. The minimum Gasteiger partial charge on any atom is -0.344 e. The van der Waals surface area contributed by atoms with Gasteiger partial charge in [-0.25, -0.2) is 0 Å². The van der Waals surface area contributed by atoms with Gasteiger partial charge in [-0.2, -0.15) is 0 Å². The fourth-order valence-corrected chi connectivity index (χ4v) is 3.21. The van der Waals surface area contributed by atoms with Gasteiger partial charge in [0.05, 0.1) is 25.2 Å². The van der Waals surface area contributed by atoms with Gasteiger partial charge in [0.25, 0.3) is 0 Å². The Labute approximate surface area is 94.2 Å². The molecule has 4 N–H and O–H groups in total. The maximum absolute atomic E-state index is 2.64. The molecule has 0 radical (unpaired) electrons. The summed E-state index contributed by atoms with van der Waals surface area (Å²) in [5, 5.41) is 5.28. The second kappa shape index (κ2) is 6.49. The molecule has 2 bridgehead atoms. The number of nitrogens with two attached hydrogens (primary N) is 2. The van der Waals surface area contributed by atoms with Crippen molar-refractivity contribution in [1.29, 1.82) is 0 Å². The number of hydrogen-bond acceptors (Lipinski definition) is 0. The highest BCUT2D eigenvalue weighted by Crippen LogP contribution is 2.14. The molecule has 1 saturated carbocycles. The zero-order valence-electron chi connectivity index (χ0n) is 10.1. The van der Waals surface area contributed by atoms with Crippen LogP contribution >= 0.6 is 0 Å². The third-order valence-corrected chi connectivity index (χ3v) is 4.21. The molecule has 1 aliphatic carbocycles. The van der Waals surface area contributed by atoms with Gasteiger partial charge in [-0.3, -0.25) is 0 Å². The van der Waals surface area contributed by atoms with Crippen LogP contribution in [0.15, 0.2) is 0 Å². The van der Waals surface area contributed by atoms with E-state index in [4.69, 9.17) is 0 Å². The second-order valence-electron chi connectivity index (χ2n) is 5.49. The van der Waals surface area contributed by atoms with Crippen molar-refractivity contribution < 1.29 is 10.6 Å². The van der Waals surface area contributed by atoms with E-state index < -0.39 is 0 Å². The van der Waals surface area contributed by atoms with E-state index in [-0.39, 0.29) is 0 Å². The zero-order valence-corrected chi connectivity index (χ0v) is 10.1. The molecule has 2 heteroatoms. The highest BCUT2D eigenvalue weighted by Gasteiger charge is 2.18. The number of rotatable bonds is 0. The highest BCUT2D eigenvalue weighted by molar-refractivity contribution is 4.64. The summed E-state index contributed by atoms with van der Waals surface area (Å²) in [6.45, 7) is 2.74. The lowest BCUT2D eigenvalue weighted by atomic mass is 9.95. The van der Waals surface area contributed by atoms with Crippen molar-refractivity contribution in [2.75, 3.05) is 13.1 Å². The van der Waals surface area contributed by atoms with E-state index in [0.717, 1.165) is 12.1 Å². The summed E-state index contributed by atoms with van der Waals surface area (Å²) < 4.78 is 0. The van der Waals surface area contributed by atoms with Gasteiger partial charge in [0.2, 0.25) is 0 Å². The van der Waals surface area contributed by atoms with E-state index >= 15 is 0 Å². The standard InChI is InChI=1S/C13H26N2/c1-2-7-13-9-4-3-8-12(6-1)14-10-5-11-15-13/h12-15H,1-11H2/p+2. The van der Waals surface area contributed by atoms with Crippen molar-refractivity contribution >= 4 is 0 Å². The molecule has 0 spiro atoms. The molecule has 3 fully saturated rings. The highest BCUT2D eigenvalue weighted by atomic mass is 14.9. The maximum atomic E-state index is 2.64. The quantitative estimate of drug-likeness (QED) is 0.582. The summed E-state index contributed by atoms with van der Waals surface area (Å²) in [5.41, 5.74) is 0. The molecule has 0 aromatic heterocycles. The van der Waals surface area contributed by atoms with E-state index in [1.807, 2.05) is 0 Å². The van der Waals surface area contributed by atoms with Crippen LogP contribution in [-0.4, -0.2) is 25.2 Å². The summed E-state index contributed by atoms with van der Waals surface area (Å²) in [6, 6.07) is 1.92. The van der Waals surface area contributed by atoms with Crippen molar-refractivity contribution in [3.63, 3.8) is 0 Å². The summed E-state index contributed by atoms with van der Waals surface area (Å²) >= 11 is 0. The van der Waals surface area contributed by atoms with Gasteiger partial charge in [-0.05, 0) is 51.4 Å². The summed E-state index contributed by atoms with van der Waals surface area (Å²) in [7, 11) is 0. The van der Waals surface area contributed by atoms with E-state index in [1.165, 1.54) is 70.9 Å². The predicted molar refractivity (Wildman–Crippen MR) is 62.7 cm³/mol. The number of hydrogen-bond donors (Lipinski definition) is 2. The second-order valence-corrected chi connectivity index (χ2v) is 5.49. The Bertz CT molecular complexity index is 134. The SMILES string of the molecule is C1C[NH2+]C2CCCCC(CCCC2)[NH2+]C1. The van der Waals surface area contributed by atoms with Crippen molar-refractivity contribution in [3.8, 4) is 0 Å².